The van der Waals surface area contributed by atoms with E-state index in [1.165, 1.54) is 54.8 Å². The van der Waals surface area contributed by atoms with Crippen LogP contribution in [-0.4, -0.2) is 6.04 Å². The Morgan fingerprint density at radius 3 is 1.57 bits per heavy atom. The third kappa shape index (κ3) is 2.62. The van der Waals surface area contributed by atoms with Crippen molar-refractivity contribution in [3.8, 4) is 0 Å². The number of anilines is 2. The summed E-state index contributed by atoms with van der Waals surface area (Å²) in [5, 5.41) is 8.02. The van der Waals surface area contributed by atoms with Gasteiger partial charge in [0.2, 0.25) is 0 Å². The minimum atomic E-state index is 0.370. The summed E-state index contributed by atoms with van der Waals surface area (Å²) in [6.45, 7) is 8.88. The van der Waals surface area contributed by atoms with Gasteiger partial charge in [-0.15, -0.1) is 0 Å². The lowest BCUT2D eigenvalue weighted by molar-refractivity contribution is 0.789. The van der Waals surface area contributed by atoms with Crippen LogP contribution in [0.3, 0.4) is 0 Å². The lowest BCUT2D eigenvalue weighted by Crippen LogP contribution is -2.25. The van der Waals surface area contributed by atoms with Crippen molar-refractivity contribution in [2.24, 2.45) is 0 Å². The fourth-order valence-corrected chi connectivity index (χ4v) is 4.71. The Morgan fingerprint density at radius 1 is 0.571 bits per heavy atom. The van der Waals surface area contributed by atoms with Crippen molar-refractivity contribution in [2.75, 3.05) is 4.90 Å². The van der Waals surface area contributed by atoms with Gasteiger partial charge < -0.3 is 4.90 Å². The monoisotopic (exact) mass is 363 g/mol. The van der Waals surface area contributed by atoms with E-state index in [0.717, 1.165) is 0 Å². The molecule has 0 fully saturated rings. The zero-order valence-corrected chi connectivity index (χ0v) is 17.0. The van der Waals surface area contributed by atoms with Crippen LogP contribution in [0.4, 0.5) is 11.4 Å². The molecule has 0 unspecified atom stereocenters. The van der Waals surface area contributed by atoms with Crippen LogP contribution in [-0.2, 0) is 0 Å². The molecule has 0 heterocycles. The predicted molar refractivity (Wildman–Crippen MR) is 123 cm³/mol. The first kappa shape index (κ1) is 17.1. The van der Waals surface area contributed by atoms with Gasteiger partial charge in [-0.05, 0) is 95.4 Å². The van der Waals surface area contributed by atoms with Crippen LogP contribution in [0.25, 0.3) is 32.3 Å². The molecule has 0 N–H and O–H groups in total. The van der Waals surface area contributed by atoms with Gasteiger partial charge in [-0.2, -0.15) is 0 Å². The molecule has 0 aliphatic rings. The van der Waals surface area contributed by atoms with Crippen molar-refractivity contribution in [3.63, 3.8) is 0 Å². The molecule has 138 valence electrons. The number of benzene rings is 5. The molecule has 5 rings (SSSR count). The standard InChI is InChI=1S/C27H25N/c1-17(2)28(24-13-18(3)12-19(4)14-24)25-15-22-10-8-20-6-5-7-21-9-11-23(16-25)27(22)26(20)21/h5-17H,1-4H3. The molecule has 28 heavy (non-hydrogen) atoms. The molecule has 1 heteroatoms. The van der Waals surface area contributed by atoms with Gasteiger partial charge in [0.05, 0.1) is 0 Å². The Kier molecular flexibility index (Phi) is 3.80. The van der Waals surface area contributed by atoms with Gasteiger partial charge in [-0.3, -0.25) is 0 Å². The average Bonchev–Trinajstić information content (AvgIpc) is 2.65. The van der Waals surface area contributed by atoms with Crippen molar-refractivity contribution in [1.82, 2.24) is 0 Å². The topological polar surface area (TPSA) is 3.24 Å². The third-order valence-electron chi connectivity index (χ3n) is 5.73. The van der Waals surface area contributed by atoms with Crippen molar-refractivity contribution in [2.45, 2.75) is 33.7 Å². The summed E-state index contributed by atoms with van der Waals surface area (Å²) >= 11 is 0. The van der Waals surface area contributed by atoms with Crippen LogP contribution in [0.15, 0.2) is 72.8 Å². The number of hydrogen-bond acceptors (Lipinski definition) is 1. The SMILES string of the molecule is Cc1cc(C)cc(N(c2cc3ccc4cccc5ccc(c2)c3c45)C(C)C)c1. The fourth-order valence-electron chi connectivity index (χ4n) is 4.71. The zero-order chi connectivity index (χ0) is 19.4. The molecule has 5 aromatic rings. The fraction of sp³-hybridized carbons (Fsp3) is 0.185. The highest BCUT2D eigenvalue weighted by atomic mass is 15.2. The van der Waals surface area contributed by atoms with Crippen LogP contribution < -0.4 is 4.90 Å². The van der Waals surface area contributed by atoms with Crippen LogP contribution in [0, 0.1) is 13.8 Å². The maximum absolute atomic E-state index is 2.45. The second-order valence-corrected chi connectivity index (χ2v) is 8.29. The Balaban J connectivity index is 1.79. The van der Waals surface area contributed by atoms with E-state index in [1.807, 2.05) is 0 Å². The van der Waals surface area contributed by atoms with Crippen molar-refractivity contribution >= 4 is 43.7 Å². The molecule has 5 aromatic carbocycles. The lowest BCUT2D eigenvalue weighted by atomic mass is 9.93. The van der Waals surface area contributed by atoms with E-state index in [-0.39, 0.29) is 0 Å². The van der Waals surface area contributed by atoms with Gasteiger partial charge in [-0.1, -0.05) is 48.5 Å². The maximum atomic E-state index is 2.45. The van der Waals surface area contributed by atoms with E-state index in [9.17, 15) is 0 Å². The maximum Gasteiger partial charge on any atom is 0.0425 e. The highest BCUT2D eigenvalue weighted by Gasteiger charge is 2.17. The van der Waals surface area contributed by atoms with Gasteiger partial charge >= 0.3 is 0 Å². The summed E-state index contributed by atoms with van der Waals surface area (Å²) in [4.78, 5) is 2.45. The predicted octanol–water partition coefficient (Wildman–Crippen LogP) is 7.75. The van der Waals surface area contributed by atoms with E-state index in [2.05, 4.69) is 105 Å². The first-order chi connectivity index (χ1) is 13.5. The molecule has 0 saturated carbocycles. The summed E-state index contributed by atoms with van der Waals surface area (Å²) in [5.74, 6) is 0. The van der Waals surface area contributed by atoms with Gasteiger partial charge in [-0.25, -0.2) is 0 Å². The molecule has 0 atom stereocenters. The van der Waals surface area contributed by atoms with E-state index in [4.69, 9.17) is 0 Å². The average molecular weight is 364 g/mol. The number of rotatable bonds is 3. The quantitative estimate of drug-likeness (QED) is 0.296. The molecule has 1 nitrogen and oxygen atoms in total. The summed E-state index contributed by atoms with van der Waals surface area (Å²) in [7, 11) is 0. The molecule has 0 aromatic heterocycles. The smallest absolute Gasteiger partial charge is 0.0425 e. The first-order valence-corrected chi connectivity index (χ1v) is 10.1. The Hall–Kier alpha value is -3.06. The zero-order valence-electron chi connectivity index (χ0n) is 17.0. The molecular formula is C27H25N. The molecule has 0 amide bonds. The van der Waals surface area contributed by atoms with Crippen LogP contribution in [0.5, 0.6) is 0 Å². The normalized spacial score (nSPS) is 11.9. The lowest BCUT2D eigenvalue weighted by Gasteiger charge is -2.30. The molecule has 0 saturated heterocycles. The van der Waals surface area contributed by atoms with Crippen LogP contribution in [0.1, 0.15) is 25.0 Å². The van der Waals surface area contributed by atoms with E-state index < -0.39 is 0 Å². The summed E-state index contributed by atoms with van der Waals surface area (Å²) in [5.41, 5.74) is 5.13. The molecular weight excluding hydrogens is 338 g/mol. The second kappa shape index (κ2) is 6.24. The molecule has 0 spiro atoms. The Morgan fingerprint density at radius 2 is 1.04 bits per heavy atom. The minimum absolute atomic E-state index is 0.370. The highest BCUT2D eigenvalue weighted by molar-refractivity contribution is 6.23. The van der Waals surface area contributed by atoms with Crippen LogP contribution in [0.2, 0.25) is 0 Å². The highest BCUT2D eigenvalue weighted by Crippen LogP contribution is 2.39. The summed E-state index contributed by atoms with van der Waals surface area (Å²) in [6, 6.07) is 27.5. The molecule has 0 bridgehead atoms. The number of hydrogen-bond donors (Lipinski definition) is 0. The minimum Gasteiger partial charge on any atom is -0.339 e. The Bertz CT molecular complexity index is 1230. The Labute approximate surface area is 166 Å². The summed E-state index contributed by atoms with van der Waals surface area (Å²) in [6.07, 6.45) is 0. The molecule has 0 radical (unpaired) electrons. The summed E-state index contributed by atoms with van der Waals surface area (Å²) < 4.78 is 0. The van der Waals surface area contributed by atoms with E-state index >= 15 is 0 Å². The van der Waals surface area contributed by atoms with E-state index in [0.29, 0.717) is 6.04 Å². The molecule has 0 aliphatic heterocycles. The van der Waals surface area contributed by atoms with Crippen molar-refractivity contribution < 1.29 is 0 Å². The third-order valence-corrected chi connectivity index (χ3v) is 5.73. The van der Waals surface area contributed by atoms with Gasteiger partial charge in [0.25, 0.3) is 0 Å². The second-order valence-electron chi connectivity index (χ2n) is 8.29. The van der Waals surface area contributed by atoms with Gasteiger partial charge in [0.15, 0.2) is 0 Å². The number of nitrogens with zero attached hydrogens (tertiary/aromatic N) is 1. The largest absolute Gasteiger partial charge is 0.339 e. The van der Waals surface area contributed by atoms with Crippen molar-refractivity contribution in [3.05, 3.63) is 83.9 Å². The van der Waals surface area contributed by atoms with Gasteiger partial charge in [0, 0.05) is 17.4 Å². The van der Waals surface area contributed by atoms with Gasteiger partial charge in [0.1, 0.15) is 0 Å². The van der Waals surface area contributed by atoms with Crippen molar-refractivity contribution in [1.29, 1.82) is 0 Å². The first-order valence-electron chi connectivity index (χ1n) is 10.1. The molecule has 0 aliphatic carbocycles. The van der Waals surface area contributed by atoms with E-state index in [1.54, 1.807) is 0 Å². The van der Waals surface area contributed by atoms with Crippen LogP contribution >= 0.6 is 0 Å². The number of aryl methyl sites for hydroxylation is 2.